The number of nitrogens with one attached hydrogen (secondary N) is 1. The maximum atomic E-state index is 9.38. The number of rotatable bonds is 5. The average molecular weight is 260 g/mol. The maximum Gasteiger partial charge on any atom is 0.123 e. The zero-order valence-corrected chi connectivity index (χ0v) is 11.6. The van der Waals surface area contributed by atoms with Gasteiger partial charge in [0.05, 0.1) is 31.4 Å². The molecule has 2 rings (SSSR count). The van der Waals surface area contributed by atoms with Crippen molar-refractivity contribution in [2.45, 2.75) is 26.0 Å². The lowest BCUT2D eigenvalue weighted by atomic mass is 9.76. The summed E-state index contributed by atoms with van der Waals surface area (Å²) >= 11 is 0. The smallest absolute Gasteiger partial charge is 0.123 e. The Bertz CT molecular complexity index is 458. The van der Waals surface area contributed by atoms with Crippen LogP contribution in [-0.2, 0) is 4.74 Å². The number of nitrogens with zero attached hydrogens (tertiary/aromatic N) is 1. The summed E-state index contributed by atoms with van der Waals surface area (Å²) in [5.41, 5.74) is 0.637. The molecule has 102 valence electrons. The van der Waals surface area contributed by atoms with E-state index in [0.717, 1.165) is 11.3 Å². The van der Waals surface area contributed by atoms with Crippen LogP contribution in [0.4, 0.5) is 0 Å². The molecule has 1 aromatic carbocycles. The van der Waals surface area contributed by atoms with Gasteiger partial charge in [-0.3, -0.25) is 0 Å². The van der Waals surface area contributed by atoms with Crippen molar-refractivity contribution in [2.75, 3.05) is 20.3 Å². The molecular formula is C15H20N2O2. The van der Waals surface area contributed by atoms with Crippen LogP contribution >= 0.6 is 0 Å². The second-order valence-electron chi connectivity index (χ2n) is 5.22. The Balaban J connectivity index is 2.18. The Morgan fingerprint density at radius 2 is 1.95 bits per heavy atom. The van der Waals surface area contributed by atoms with E-state index in [0.29, 0.717) is 13.2 Å². The second-order valence-corrected chi connectivity index (χ2v) is 5.22. The molecule has 0 saturated carbocycles. The quantitative estimate of drug-likeness (QED) is 0.882. The highest BCUT2D eigenvalue weighted by molar-refractivity contribution is 5.32. The lowest BCUT2D eigenvalue weighted by Crippen LogP contribution is -2.50. The van der Waals surface area contributed by atoms with Gasteiger partial charge in [0.15, 0.2) is 0 Å². The lowest BCUT2D eigenvalue weighted by Gasteiger charge is -2.41. The summed E-state index contributed by atoms with van der Waals surface area (Å²) < 4.78 is 10.8. The molecule has 4 heteroatoms. The van der Waals surface area contributed by atoms with Crippen molar-refractivity contribution in [3.63, 3.8) is 0 Å². The molecule has 0 spiro atoms. The normalized spacial score (nSPS) is 18.5. The minimum absolute atomic E-state index is 0.0145. The maximum absolute atomic E-state index is 9.38. The molecule has 4 nitrogen and oxygen atoms in total. The van der Waals surface area contributed by atoms with E-state index in [-0.39, 0.29) is 12.1 Å². The van der Waals surface area contributed by atoms with Crippen LogP contribution < -0.4 is 10.1 Å². The van der Waals surface area contributed by atoms with E-state index in [9.17, 15) is 5.26 Å². The van der Waals surface area contributed by atoms with Gasteiger partial charge in [0.2, 0.25) is 0 Å². The lowest BCUT2D eigenvalue weighted by molar-refractivity contribution is -0.0963. The van der Waals surface area contributed by atoms with E-state index in [1.165, 1.54) is 0 Å². The largest absolute Gasteiger partial charge is 0.491 e. The number of nitriles is 1. The van der Waals surface area contributed by atoms with Crippen molar-refractivity contribution < 1.29 is 9.47 Å². The van der Waals surface area contributed by atoms with Crippen LogP contribution in [0.3, 0.4) is 0 Å². The summed E-state index contributed by atoms with van der Waals surface area (Å²) in [5, 5.41) is 12.6. The molecule has 1 heterocycles. The summed E-state index contributed by atoms with van der Waals surface area (Å²) in [5.74, 6) is 0.851. The first-order valence-corrected chi connectivity index (χ1v) is 6.54. The van der Waals surface area contributed by atoms with Crippen LogP contribution in [-0.4, -0.2) is 26.4 Å². The Morgan fingerprint density at radius 1 is 1.32 bits per heavy atom. The van der Waals surface area contributed by atoms with Crippen LogP contribution in [0.5, 0.6) is 5.75 Å². The summed E-state index contributed by atoms with van der Waals surface area (Å²) in [6.07, 6.45) is 0.163. The highest BCUT2D eigenvalue weighted by Crippen LogP contribution is 2.40. The van der Waals surface area contributed by atoms with E-state index in [2.05, 4.69) is 11.4 Å². The standard InChI is InChI=1S/C15H20N2O2/c1-11(2)19-13-6-4-12(5-7-13)14(17-3)15(8-16)9-18-10-15/h4-7,11,14,17H,9-10H2,1-3H3. The van der Waals surface area contributed by atoms with Crippen molar-refractivity contribution in [3.8, 4) is 11.8 Å². The molecule has 1 saturated heterocycles. The topological polar surface area (TPSA) is 54.3 Å². The SMILES string of the molecule is CNC(c1ccc(OC(C)C)cc1)C1(C#N)COC1. The number of hydrogen-bond acceptors (Lipinski definition) is 4. The number of benzene rings is 1. The van der Waals surface area contributed by atoms with Crippen LogP contribution in [0.15, 0.2) is 24.3 Å². The first kappa shape index (κ1) is 13.9. The fourth-order valence-electron chi connectivity index (χ4n) is 2.39. The summed E-state index contributed by atoms with van der Waals surface area (Å²) in [6.45, 7) is 4.97. The molecule has 0 radical (unpaired) electrons. The molecule has 1 N–H and O–H groups in total. The van der Waals surface area contributed by atoms with Gasteiger partial charge in [-0.05, 0) is 38.6 Å². The van der Waals surface area contributed by atoms with Gasteiger partial charge in [0.25, 0.3) is 0 Å². The zero-order valence-electron chi connectivity index (χ0n) is 11.6. The highest BCUT2D eigenvalue weighted by Gasteiger charge is 2.46. The predicted molar refractivity (Wildman–Crippen MR) is 72.9 cm³/mol. The van der Waals surface area contributed by atoms with Gasteiger partial charge < -0.3 is 14.8 Å². The first-order chi connectivity index (χ1) is 9.11. The highest BCUT2D eigenvalue weighted by atomic mass is 16.5. The second kappa shape index (κ2) is 5.60. The predicted octanol–water partition coefficient (Wildman–Crippen LogP) is 2.27. The Labute approximate surface area is 114 Å². The van der Waals surface area contributed by atoms with Crippen molar-refractivity contribution in [1.29, 1.82) is 5.26 Å². The Morgan fingerprint density at radius 3 is 2.32 bits per heavy atom. The molecule has 1 fully saturated rings. The Hall–Kier alpha value is -1.57. The summed E-state index contributed by atoms with van der Waals surface area (Å²) in [7, 11) is 1.88. The molecule has 0 aromatic heterocycles. The molecule has 1 aliphatic heterocycles. The minimum Gasteiger partial charge on any atom is -0.491 e. The fraction of sp³-hybridized carbons (Fsp3) is 0.533. The van der Waals surface area contributed by atoms with Gasteiger partial charge in [0.1, 0.15) is 11.2 Å². The molecule has 1 atom stereocenters. The third-order valence-corrected chi connectivity index (χ3v) is 3.37. The van der Waals surface area contributed by atoms with E-state index in [4.69, 9.17) is 9.47 Å². The summed E-state index contributed by atoms with van der Waals surface area (Å²) in [4.78, 5) is 0. The Kier molecular flexibility index (Phi) is 4.08. The molecule has 1 aromatic rings. The monoisotopic (exact) mass is 260 g/mol. The van der Waals surface area contributed by atoms with Crippen LogP contribution in [0, 0.1) is 16.7 Å². The average Bonchev–Trinajstić information content (AvgIpc) is 2.34. The third kappa shape index (κ3) is 2.73. The first-order valence-electron chi connectivity index (χ1n) is 6.54. The number of hydrogen-bond donors (Lipinski definition) is 1. The fourth-order valence-corrected chi connectivity index (χ4v) is 2.39. The van der Waals surface area contributed by atoms with E-state index in [1.54, 1.807) is 0 Å². The van der Waals surface area contributed by atoms with E-state index < -0.39 is 5.41 Å². The van der Waals surface area contributed by atoms with Crippen LogP contribution in [0.2, 0.25) is 0 Å². The number of ether oxygens (including phenoxy) is 2. The molecule has 0 bridgehead atoms. The molecule has 1 aliphatic rings. The minimum atomic E-state index is -0.449. The van der Waals surface area contributed by atoms with Gasteiger partial charge in [0, 0.05) is 0 Å². The van der Waals surface area contributed by atoms with Gasteiger partial charge in [-0.1, -0.05) is 12.1 Å². The van der Waals surface area contributed by atoms with Crippen molar-refractivity contribution in [3.05, 3.63) is 29.8 Å². The zero-order chi connectivity index (χ0) is 13.9. The molecule has 19 heavy (non-hydrogen) atoms. The van der Waals surface area contributed by atoms with Crippen LogP contribution in [0.25, 0.3) is 0 Å². The van der Waals surface area contributed by atoms with Crippen molar-refractivity contribution in [1.82, 2.24) is 5.32 Å². The molecule has 0 aliphatic carbocycles. The third-order valence-electron chi connectivity index (χ3n) is 3.37. The molecular weight excluding hydrogens is 240 g/mol. The van der Waals surface area contributed by atoms with E-state index in [1.807, 2.05) is 45.2 Å². The summed E-state index contributed by atoms with van der Waals surface area (Å²) in [6, 6.07) is 10.3. The van der Waals surface area contributed by atoms with E-state index >= 15 is 0 Å². The van der Waals surface area contributed by atoms with Gasteiger partial charge >= 0.3 is 0 Å². The van der Waals surface area contributed by atoms with Crippen molar-refractivity contribution >= 4 is 0 Å². The van der Waals surface area contributed by atoms with Gasteiger partial charge in [-0.2, -0.15) is 5.26 Å². The molecule has 1 unspecified atom stereocenters. The van der Waals surface area contributed by atoms with Crippen molar-refractivity contribution in [2.24, 2.45) is 5.41 Å². The van der Waals surface area contributed by atoms with Gasteiger partial charge in [-0.15, -0.1) is 0 Å². The van der Waals surface area contributed by atoms with Gasteiger partial charge in [-0.25, -0.2) is 0 Å². The molecule has 0 amide bonds. The van der Waals surface area contributed by atoms with Crippen LogP contribution in [0.1, 0.15) is 25.5 Å².